The van der Waals surface area contributed by atoms with Crippen molar-refractivity contribution < 1.29 is 9.53 Å². The molecule has 2 aromatic rings. The van der Waals surface area contributed by atoms with E-state index in [1.807, 2.05) is 42.5 Å². The van der Waals surface area contributed by atoms with Crippen LogP contribution in [0, 0.1) is 0 Å². The van der Waals surface area contributed by atoms with Crippen LogP contribution in [0.1, 0.15) is 32.1 Å². The summed E-state index contributed by atoms with van der Waals surface area (Å²) in [6, 6.07) is 18.1. The molecule has 140 valence electrons. The first-order valence-corrected chi connectivity index (χ1v) is 9.03. The molecule has 0 bridgehead atoms. The number of halogens is 1. The quantitative estimate of drug-likeness (QED) is 0.753. The second-order valence-electron chi connectivity index (χ2n) is 6.68. The molecule has 0 heterocycles. The van der Waals surface area contributed by atoms with E-state index in [0.717, 1.165) is 42.6 Å². The largest absolute Gasteiger partial charge is 0.491 e. The Morgan fingerprint density at radius 2 is 1.65 bits per heavy atom. The molecule has 1 saturated carbocycles. The van der Waals surface area contributed by atoms with Gasteiger partial charge < -0.3 is 15.8 Å². The second-order valence-corrected chi connectivity index (χ2v) is 6.68. The highest BCUT2D eigenvalue weighted by atomic mass is 35.5. The summed E-state index contributed by atoms with van der Waals surface area (Å²) in [6.07, 6.45) is 4.79. The van der Waals surface area contributed by atoms with E-state index < -0.39 is 5.54 Å². The Morgan fingerprint density at radius 3 is 2.38 bits per heavy atom. The van der Waals surface area contributed by atoms with Crippen LogP contribution in [-0.4, -0.2) is 24.6 Å². The highest BCUT2D eigenvalue weighted by Gasteiger charge is 2.34. The molecule has 0 radical (unpaired) electrons. The fourth-order valence-electron chi connectivity index (χ4n) is 3.36. The number of benzene rings is 2. The van der Waals surface area contributed by atoms with Crippen LogP contribution in [0.25, 0.3) is 11.1 Å². The summed E-state index contributed by atoms with van der Waals surface area (Å²) in [4.78, 5) is 12.3. The normalized spacial score (nSPS) is 15.6. The van der Waals surface area contributed by atoms with Gasteiger partial charge in [0, 0.05) is 5.56 Å². The number of hydrogen-bond acceptors (Lipinski definition) is 3. The van der Waals surface area contributed by atoms with Crippen LogP contribution >= 0.6 is 12.4 Å². The van der Waals surface area contributed by atoms with Crippen molar-refractivity contribution in [2.75, 3.05) is 13.2 Å². The fourth-order valence-corrected chi connectivity index (χ4v) is 3.36. The Morgan fingerprint density at radius 1 is 1.00 bits per heavy atom. The van der Waals surface area contributed by atoms with Gasteiger partial charge >= 0.3 is 0 Å². The predicted molar refractivity (Wildman–Crippen MR) is 108 cm³/mol. The van der Waals surface area contributed by atoms with Crippen LogP contribution in [0.4, 0.5) is 0 Å². The van der Waals surface area contributed by atoms with Crippen LogP contribution < -0.4 is 15.8 Å². The lowest BCUT2D eigenvalue weighted by Gasteiger charge is -2.31. The van der Waals surface area contributed by atoms with Gasteiger partial charge in [0.25, 0.3) is 0 Å². The molecule has 3 N–H and O–H groups in total. The summed E-state index contributed by atoms with van der Waals surface area (Å²) in [5.74, 6) is 0.773. The maximum absolute atomic E-state index is 12.3. The van der Waals surface area contributed by atoms with Gasteiger partial charge in [0.2, 0.25) is 5.91 Å². The minimum atomic E-state index is -0.694. The Balaban J connectivity index is 0.00000243. The minimum Gasteiger partial charge on any atom is -0.491 e. The number of carbonyl (C=O) groups excluding carboxylic acids is 1. The van der Waals surface area contributed by atoms with E-state index >= 15 is 0 Å². The zero-order chi connectivity index (χ0) is 17.5. The van der Waals surface area contributed by atoms with Crippen molar-refractivity contribution in [1.29, 1.82) is 0 Å². The third kappa shape index (κ3) is 4.99. The molecule has 0 atom stereocenters. The number of carbonyl (C=O) groups is 1. The van der Waals surface area contributed by atoms with Crippen molar-refractivity contribution in [1.82, 2.24) is 5.32 Å². The predicted octanol–water partition coefficient (Wildman–Crippen LogP) is 3.93. The van der Waals surface area contributed by atoms with Crippen molar-refractivity contribution in [3.05, 3.63) is 54.6 Å². The first-order valence-electron chi connectivity index (χ1n) is 9.03. The van der Waals surface area contributed by atoms with Gasteiger partial charge in [0.05, 0.1) is 12.1 Å². The summed E-state index contributed by atoms with van der Waals surface area (Å²) in [7, 11) is 0. The van der Waals surface area contributed by atoms with Gasteiger partial charge in [-0.2, -0.15) is 0 Å². The number of ether oxygens (including phenoxy) is 1. The molecule has 0 unspecified atom stereocenters. The summed E-state index contributed by atoms with van der Waals surface area (Å²) >= 11 is 0. The van der Waals surface area contributed by atoms with Crippen molar-refractivity contribution in [2.45, 2.75) is 37.6 Å². The Labute approximate surface area is 161 Å². The zero-order valence-corrected chi connectivity index (χ0v) is 15.8. The van der Waals surface area contributed by atoms with E-state index in [0.29, 0.717) is 13.2 Å². The summed E-state index contributed by atoms with van der Waals surface area (Å²) < 4.78 is 5.91. The van der Waals surface area contributed by atoms with E-state index in [2.05, 4.69) is 17.4 Å². The first-order chi connectivity index (χ1) is 12.2. The number of nitrogens with two attached hydrogens (primary N) is 1. The molecule has 1 aliphatic rings. The number of rotatable bonds is 6. The zero-order valence-electron chi connectivity index (χ0n) is 14.9. The lowest BCUT2D eigenvalue weighted by atomic mass is 9.82. The van der Waals surface area contributed by atoms with Gasteiger partial charge in [-0.25, -0.2) is 0 Å². The maximum Gasteiger partial charge on any atom is 0.240 e. The summed E-state index contributed by atoms with van der Waals surface area (Å²) in [5, 5.41) is 2.93. The summed E-state index contributed by atoms with van der Waals surface area (Å²) in [6.45, 7) is 0.882. The van der Waals surface area contributed by atoms with Crippen LogP contribution in [0.5, 0.6) is 5.75 Å². The second kappa shape index (κ2) is 9.60. The lowest BCUT2D eigenvalue weighted by molar-refractivity contribution is -0.127. The lowest BCUT2D eigenvalue weighted by Crippen LogP contribution is -2.55. The molecule has 1 aliphatic carbocycles. The van der Waals surface area contributed by atoms with Crippen molar-refractivity contribution >= 4 is 18.3 Å². The molecule has 0 spiro atoms. The van der Waals surface area contributed by atoms with Gasteiger partial charge in [-0.15, -0.1) is 12.4 Å². The summed E-state index contributed by atoms with van der Waals surface area (Å²) in [5.41, 5.74) is 7.72. The third-order valence-corrected chi connectivity index (χ3v) is 4.82. The number of para-hydroxylation sites is 1. The molecule has 5 heteroatoms. The molecule has 4 nitrogen and oxygen atoms in total. The SMILES string of the molecule is Cl.NC1(C(=O)NCCOc2ccccc2-c2ccccc2)CCCCC1. The number of hydrogen-bond donors (Lipinski definition) is 2. The molecular weight excluding hydrogens is 348 g/mol. The van der Waals surface area contributed by atoms with Crippen LogP contribution in [0.2, 0.25) is 0 Å². The van der Waals surface area contributed by atoms with Gasteiger partial charge in [0.1, 0.15) is 12.4 Å². The molecular formula is C21H27ClN2O2. The molecule has 26 heavy (non-hydrogen) atoms. The Hall–Kier alpha value is -2.04. The van der Waals surface area contributed by atoms with E-state index in [1.54, 1.807) is 0 Å². The standard InChI is InChI=1S/C21H26N2O2.ClH/c22-21(13-7-2-8-14-21)20(24)23-15-16-25-19-12-6-5-11-18(19)17-9-3-1-4-10-17;/h1,3-6,9-12H,2,7-8,13-16,22H2,(H,23,24);1H. The minimum absolute atomic E-state index is 0. The average molecular weight is 375 g/mol. The highest BCUT2D eigenvalue weighted by molar-refractivity contribution is 5.86. The Kier molecular flexibility index (Phi) is 7.49. The molecule has 3 rings (SSSR count). The molecule has 0 saturated heterocycles. The van der Waals surface area contributed by atoms with Crippen molar-refractivity contribution in [3.63, 3.8) is 0 Å². The van der Waals surface area contributed by atoms with E-state index in [-0.39, 0.29) is 18.3 Å². The fraction of sp³-hybridized carbons (Fsp3) is 0.381. The molecule has 1 fully saturated rings. The monoisotopic (exact) mass is 374 g/mol. The van der Waals surface area contributed by atoms with Crippen LogP contribution in [0.15, 0.2) is 54.6 Å². The van der Waals surface area contributed by atoms with Gasteiger partial charge in [-0.1, -0.05) is 67.8 Å². The Bertz CT molecular complexity index is 700. The van der Waals surface area contributed by atoms with E-state index in [4.69, 9.17) is 10.5 Å². The van der Waals surface area contributed by atoms with Crippen LogP contribution in [0.3, 0.4) is 0 Å². The average Bonchev–Trinajstić information content (AvgIpc) is 2.66. The van der Waals surface area contributed by atoms with Gasteiger partial charge in [-0.05, 0) is 24.5 Å². The maximum atomic E-state index is 12.3. The number of amides is 1. The molecule has 0 aliphatic heterocycles. The topological polar surface area (TPSA) is 64.4 Å². The van der Waals surface area contributed by atoms with E-state index in [9.17, 15) is 4.79 Å². The van der Waals surface area contributed by atoms with Gasteiger partial charge in [-0.3, -0.25) is 4.79 Å². The molecule has 2 aromatic carbocycles. The third-order valence-electron chi connectivity index (χ3n) is 4.82. The van der Waals surface area contributed by atoms with Crippen LogP contribution in [-0.2, 0) is 4.79 Å². The highest BCUT2D eigenvalue weighted by Crippen LogP contribution is 2.29. The molecule has 1 amide bonds. The smallest absolute Gasteiger partial charge is 0.240 e. The van der Waals surface area contributed by atoms with Crippen molar-refractivity contribution in [3.8, 4) is 16.9 Å². The molecule has 0 aromatic heterocycles. The number of nitrogens with one attached hydrogen (secondary N) is 1. The van der Waals surface area contributed by atoms with Gasteiger partial charge in [0.15, 0.2) is 0 Å². The van der Waals surface area contributed by atoms with E-state index in [1.165, 1.54) is 6.42 Å². The first kappa shape index (κ1) is 20.3. The van der Waals surface area contributed by atoms with Crippen molar-refractivity contribution in [2.24, 2.45) is 5.73 Å².